The Morgan fingerprint density at radius 2 is 1.24 bits per heavy atom. The lowest BCUT2D eigenvalue weighted by molar-refractivity contribution is -0.694. The highest BCUT2D eigenvalue weighted by atomic mass is 33.1. The van der Waals surface area contributed by atoms with Crippen LogP contribution in [0.1, 0.15) is 23.7 Å². The van der Waals surface area contributed by atoms with Gasteiger partial charge in [0.15, 0.2) is 12.7 Å². The fourth-order valence-electron chi connectivity index (χ4n) is 5.72. The number of aryl methyl sites for hydroxylation is 1. The van der Waals surface area contributed by atoms with Crippen molar-refractivity contribution in [3.8, 4) is 0 Å². The van der Waals surface area contributed by atoms with E-state index in [9.17, 15) is 0 Å². The molecule has 0 saturated carbocycles. The number of aromatic nitrogens is 1. The molecule has 250 valence electrons. The molecule has 1 aromatic heterocycles. The summed E-state index contributed by atoms with van der Waals surface area (Å²) in [6.45, 7) is 3.90. The molecule has 0 spiro atoms. The lowest BCUT2D eigenvalue weighted by Gasteiger charge is -2.16. The summed E-state index contributed by atoms with van der Waals surface area (Å²) in [6.07, 6.45) is 19.1. The molecule has 0 aliphatic carbocycles. The van der Waals surface area contributed by atoms with Gasteiger partial charge in [0.1, 0.15) is 0 Å². The lowest BCUT2D eigenvalue weighted by atomic mass is 10.0. The first-order valence-electron chi connectivity index (χ1n) is 16.7. The quantitative estimate of drug-likeness (QED) is 0.0360. The summed E-state index contributed by atoms with van der Waals surface area (Å²) in [5, 5.41) is 5.08. The average molecular weight is 684 g/mol. The molecule has 4 nitrogen and oxygen atoms in total. The Morgan fingerprint density at radius 1 is 0.653 bits per heavy atom. The molecule has 5 rings (SSSR count). The maximum atomic E-state index is 4.56. The first-order chi connectivity index (χ1) is 23.9. The van der Waals surface area contributed by atoms with Gasteiger partial charge < -0.3 is 9.80 Å². The van der Waals surface area contributed by atoms with Crippen molar-refractivity contribution in [1.29, 1.82) is 0 Å². The van der Waals surface area contributed by atoms with Gasteiger partial charge in [-0.1, -0.05) is 112 Å². The second kappa shape index (κ2) is 18.3. The van der Waals surface area contributed by atoms with Crippen molar-refractivity contribution in [2.75, 3.05) is 56.0 Å². The molecule has 0 atom stereocenters. The Morgan fingerprint density at radius 3 is 1.90 bits per heavy atom. The zero-order valence-corrected chi connectivity index (χ0v) is 30.9. The van der Waals surface area contributed by atoms with E-state index >= 15 is 0 Å². The molecule has 0 bridgehead atoms. The van der Waals surface area contributed by atoms with E-state index in [1.165, 1.54) is 55.3 Å². The van der Waals surface area contributed by atoms with Gasteiger partial charge in [-0.05, 0) is 59.2 Å². The molecule has 4 aromatic carbocycles. The smallest absolute Gasteiger partial charge is 0.205 e. The maximum absolute atomic E-state index is 4.56. The Labute approximate surface area is 300 Å². The number of fused-ring (bicyclic) bond motifs is 2. The van der Waals surface area contributed by atoms with Crippen LogP contribution in [-0.2, 0) is 6.54 Å². The Hall–Kier alpha value is -4.52. The SMILES string of the molecule is CC(/C=C/c1ccc(N(C)C)c2ccccc12)=C\C=C/C=N/CCSSCC[n+]1ccccc1/C=C/c1ccc(N(C)C)c2ccccc12. The molecule has 0 aliphatic heterocycles. The standard InChI is InChI=1S/C43H47N4S2/c1-34(20-21-35-23-26-42(45(2)3)40-18-8-6-16-38(35)40)14-10-12-28-44-29-32-48-49-33-31-47-30-13-11-15-37(47)25-22-36-24-27-43(46(4)5)41-19-9-7-17-39(36)41/h6-28,30H,29,31-33H2,1-5H3/q+1/b12-10-,21-20+,34-14+,44-28+. The Balaban J connectivity index is 1.04. The van der Waals surface area contributed by atoms with Crippen molar-refractivity contribution < 1.29 is 4.57 Å². The van der Waals surface area contributed by atoms with E-state index in [1.54, 1.807) is 0 Å². The van der Waals surface area contributed by atoms with Crippen molar-refractivity contribution in [2.45, 2.75) is 13.5 Å². The number of hydrogen-bond donors (Lipinski definition) is 0. The summed E-state index contributed by atoms with van der Waals surface area (Å²) < 4.78 is 2.33. The van der Waals surface area contributed by atoms with Gasteiger partial charge >= 0.3 is 0 Å². The van der Waals surface area contributed by atoms with Gasteiger partial charge in [0, 0.05) is 87.1 Å². The summed E-state index contributed by atoms with van der Waals surface area (Å²) in [5.41, 5.74) is 7.33. The maximum Gasteiger partial charge on any atom is 0.205 e. The predicted octanol–water partition coefficient (Wildman–Crippen LogP) is 10.3. The molecule has 5 aromatic rings. The molecular weight excluding hydrogens is 637 g/mol. The van der Waals surface area contributed by atoms with Gasteiger partial charge in [-0.3, -0.25) is 4.99 Å². The van der Waals surface area contributed by atoms with Crippen LogP contribution in [0.15, 0.2) is 132 Å². The van der Waals surface area contributed by atoms with Crippen molar-refractivity contribution >= 4 is 79.0 Å². The third kappa shape index (κ3) is 10.0. The summed E-state index contributed by atoms with van der Waals surface area (Å²) in [7, 11) is 12.2. The van der Waals surface area contributed by atoms with Gasteiger partial charge in [0.2, 0.25) is 5.69 Å². The Bertz CT molecular complexity index is 2000. The van der Waals surface area contributed by atoms with Gasteiger partial charge in [-0.25, -0.2) is 0 Å². The number of allylic oxidation sites excluding steroid dienone is 5. The summed E-state index contributed by atoms with van der Waals surface area (Å²) >= 11 is 0. The van der Waals surface area contributed by atoms with Crippen LogP contribution in [0.4, 0.5) is 11.4 Å². The number of hydrogen-bond acceptors (Lipinski definition) is 5. The molecule has 0 aliphatic rings. The molecule has 0 fully saturated rings. The first-order valence-corrected chi connectivity index (χ1v) is 19.2. The van der Waals surface area contributed by atoms with Crippen molar-refractivity contribution in [3.05, 3.63) is 144 Å². The molecule has 0 saturated heterocycles. The number of nitrogens with zero attached hydrogens (tertiary/aromatic N) is 4. The molecule has 49 heavy (non-hydrogen) atoms. The van der Waals surface area contributed by atoms with Crippen LogP contribution in [0.3, 0.4) is 0 Å². The second-order valence-corrected chi connectivity index (χ2v) is 14.9. The zero-order chi connectivity index (χ0) is 34.4. The number of anilines is 2. The van der Waals surface area contributed by atoms with Crippen molar-refractivity contribution in [3.63, 3.8) is 0 Å². The van der Waals surface area contributed by atoms with E-state index in [1.807, 2.05) is 33.9 Å². The molecular formula is C43H47N4S2+. The topological polar surface area (TPSA) is 22.7 Å². The average Bonchev–Trinajstić information content (AvgIpc) is 3.11. The van der Waals surface area contributed by atoms with Crippen LogP contribution in [0.5, 0.6) is 0 Å². The van der Waals surface area contributed by atoms with Crippen molar-refractivity contribution in [1.82, 2.24) is 0 Å². The monoisotopic (exact) mass is 683 g/mol. The molecule has 0 unspecified atom stereocenters. The number of pyridine rings is 1. The van der Waals surface area contributed by atoms with E-state index in [-0.39, 0.29) is 0 Å². The highest BCUT2D eigenvalue weighted by molar-refractivity contribution is 8.76. The normalized spacial score (nSPS) is 12.5. The Kier molecular flexibility index (Phi) is 13.4. The minimum Gasteiger partial charge on any atom is -0.377 e. The number of rotatable bonds is 15. The third-order valence-corrected chi connectivity index (χ3v) is 10.6. The molecule has 0 amide bonds. The summed E-state index contributed by atoms with van der Waals surface area (Å²) in [4.78, 5) is 8.90. The fourth-order valence-corrected chi connectivity index (χ4v) is 7.56. The highest BCUT2D eigenvalue weighted by Crippen LogP contribution is 2.30. The van der Waals surface area contributed by atoms with Crippen LogP contribution < -0.4 is 14.4 Å². The van der Waals surface area contributed by atoms with Gasteiger partial charge in [-0.2, -0.15) is 4.57 Å². The van der Waals surface area contributed by atoms with Crippen LogP contribution in [0.25, 0.3) is 39.8 Å². The summed E-state index contributed by atoms with van der Waals surface area (Å²) in [6, 6.07) is 32.5. The van der Waals surface area contributed by atoms with E-state index in [2.05, 4.69) is 188 Å². The molecule has 1 heterocycles. The van der Waals surface area contributed by atoms with E-state index < -0.39 is 0 Å². The number of aliphatic imine (C=N–C) groups is 1. The predicted molar refractivity (Wildman–Crippen MR) is 222 cm³/mol. The van der Waals surface area contributed by atoms with Gasteiger partial charge in [0.25, 0.3) is 0 Å². The van der Waals surface area contributed by atoms with Crippen molar-refractivity contribution in [2.24, 2.45) is 4.99 Å². The molecule has 0 radical (unpaired) electrons. The van der Waals surface area contributed by atoms with E-state index in [0.717, 1.165) is 24.6 Å². The first kappa shape index (κ1) is 35.8. The number of benzene rings is 4. The minimum atomic E-state index is 0.813. The molecule has 0 N–H and O–H groups in total. The van der Waals surface area contributed by atoms with Crippen LogP contribution in [0.2, 0.25) is 0 Å². The van der Waals surface area contributed by atoms with Gasteiger partial charge in [-0.15, -0.1) is 0 Å². The largest absolute Gasteiger partial charge is 0.377 e. The zero-order valence-electron chi connectivity index (χ0n) is 29.3. The fraction of sp³-hybridized carbons (Fsp3) is 0.209. The van der Waals surface area contributed by atoms with E-state index in [0.29, 0.717) is 0 Å². The van der Waals surface area contributed by atoms with Crippen LogP contribution in [0, 0.1) is 0 Å². The molecule has 6 heteroatoms. The van der Waals surface area contributed by atoms with Crippen LogP contribution >= 0.6 is 21.6 Å². The third-order valence-electron chi connectivity index (χ3n) is 8.23. The van der Waals surface area contributed by atoms with E-state index in [4.69, 9.17) is 0 Å². The minimum absolute atomic E-state index is 0.813. The van der Waals surface area contributed by atoms with Gasteiger partial charge in [0.05, 0.1) is 5.75 Å². The lowest BCUT2D eigenvalue weighted by Crippen LogP contribution is -2.37. The summed E-state index contributed by atoms with van der Waals surface area (Å²) in [5.74, 6) is 2.03. The highest BCUT2D eigenvalue weighted by Gasteiger charge is 2.09. The van der Waals surface area contributed by atoms with Crippen LogP contribution in [-0.4, -0.2) is 52.5 Å². The second-order valence-electron chi connectivity index (χ2n) is 12.2.